The van der Waals surface area contributed by atoms with E-state index >= 15 is 0 Å². The first kappa shape index (κ1) is 11.6. The van der Waals surface area contributed by atoms with Gasteiger partial charge >= 0.3 is 0 Å². The van der Waals surface area contributed by atoms with Gasteiger partial charge in [-0.1, -0.05) is 24.2 Å². The van der Waals surface area contributed by atoms with Crippen LogP contribution in [0.5, 0.6) is 0 Å². The van der Waals surface area contributed by atoms with E-state index in [1.54, 1.807) is 0 Å². The van der Waals surface area contributed by atoms with Crippen LogP contribution in [0.3, 0.4) is 0 Å². The number of rotatable bonds is 4. The molecule has 1 unspecified atom stereocenters. The molecule has 0 aliphatic heterocycles. The summed E-state index contributed by atoms with van der Waals surface area (Å²) in [7, 11) is 0. The average Bonchev–Trinajstić information content (AvgIpc) is 2.72. The monoisotopic (exact) mass is 232 g/mol. The van der Waals surface area contributed by atoms with E-state index in [2.05, 4.69) is 10.5 Å². The summed E-state index contributed by atoms with van der Waals surface area (Å²) in [5, 5.41) is 7.75. The summed E-state index contributed by atoms with van der Waals surface area (Å²) in [6.07, 6.45) is 1.19. The molecule has 1 aromatic carbocycles. The smallest absolute Gasteiger partial charge is 0.226 e. The maximum absolute atomic E-state index is 11.7. The van der Waals surface area contributed by atoms with Gasteiger partial charge in [-0.25, -0.2) is 0 Å². The molecule has 1 amide bonds. The number of hydrogen-bond acceptors (Lipinski definition) is 3. The molecular formula is C13H16N2O2. The zero-order valence-corrected chi connectivity index (χ0v) is 10.1. The third kappa shape index (κ3) is 2.64. The predicted octanol–water partition coefficient (Wildman–Crippen LogP) is 2.29. The molecule has 0 saturated heterocycles. The van der Waals surface area contributed by atoms with Crippen LogP contribution in [0.4, 0.5) is 0 Å². The van der Waals surface area contributed by atoms with Crippen molar-refractivity contribution in [3.05, 3.63) is 30.0 Å². The molecule has 4 nitrogen and oxygen atoms in total. The van der Waals surface area contributed by atoms with E-state index in [1.165, 1.54) is 0 Å². The second-order valence-electron chi connectivity index (χ2n) is 4.18. The van der Waals surface area contributed by atoms with Gasteiger partial charge in [0.2, 0.25) is 5.91 Å². The van der Waals surface area contributed by atoms with Crippen LogP contribution in [0, 0.1) is 0 Å². The van der Waals surface area contributed by atoms with Crippen molar-refractivity contribution in [2.45, 2.75) is 32.7 Å². The Kier molecular flexibility index (Phi) is 3.42. The van der Waals surface area contributed by atoms with Crippen molar-refractivity contribution in [1.82, 2.24) is 10.5 Å². The molecule has 1 atom stereocenters. The molecule has 1 heterocycles. The van der Waals surface area contributed by atoms with Gasteiger partial charge in [0.1, 0.15) is 5.69 Å². The number of aromatic nitrogens is 1. The fourth-order valence-corrected chi connectivity index (χ4v) is 1.65. The van der Waals surface area contributed by atoms with Gasteiger partial charge in [0, 0.05) is 11.4 Å². The Balaban J connectivity index is 2.11. The van der Waals surface area contributed by atoms with Crippen molar-refractivity contribution in [2.75, 3.05) is 0 Å². The Hall–Kier alpha value is -1.84. The highest BCUT2D eigenvalue weighted by Crippen LogP contribution is 2.17. The molecule has 0 spiro atoms. The molecule has 0 aliphatic rings. The number of amides is 1. The Labute approximate surface area is 100.0 Å². The van der Waals surface area contributed by atoms with Crippen LogP contribution in [0.25, 0.3) is 11.0 Å². The largest absolute Gasteiger partial charge is 0.356 e. The van der Waals surface area contributed by atoms with Gasteiger partial charge in [0.05, 0.1) is 6.42 Å². The summed E-state index contributed by atoms with van der Waals surface area (Å²) >= 11 is 0. The molecule has 90 valence electrons. The molecule has 2 aromatic rings. The second-order valence-corrected chi connectivity index (χ2v) is 4.18. The summed E-state index contributed by atoms with van der Waals surface area (Å²) in [4.78, 5) is 11.7. The predicted molar refractivity (Wildman–Crippen MR) is 65.6 cm³/mol. The van der Waals surface area contributed by atoms with Gasteiger partial charge in [0.15, 0.2) is 5.58 Å². The van der Waals surface area contributed by atoms with E-state index in [0.29, 0.717) is 5.69 Å². The van der Waals surface area contributed by atoms with Crippen molar-refractivity contribution in [3.8, 4) is 0 Å². The van der Waals surface area contributed by atoms with Crippen molar-refractivity contribution in [2.24, 2.45) is 0 Å². The number of nitrogens with one attached hydrogen (secondary N) is 1. The fourth-order valence-electron chi connectivity index (χ4n) is 1.65. The first-order valence-corrected chi connectivity index (χ1v) is 5.83. The number of hydrogen-bond donors (Lipinski definition) is 1. The van der Waals surface area contributed by atoms with Gasteiger partial charge in [-0.2, -0.15) is 0 Å². The van der Waals surface area contributed by atoms with Crippen molar-refractivity contribution in [1.29, 1.82) is 0 Å². The van der Waals surface area contributed by atoms with E-state index < -0.39 is 0 Å². The van der Waals surface area contributed by atoms with Crippen LogP contribution in [-0.2, 0) is 11.2 Å². The molecule has 2 rings (SSSR count). The minimum atomic E-state index is -0.0154. The van der Waals surface area contributed by atoms with Gasteiger partial charge in [-0.15, -0.1) is 0 Å². The first-order valence-electron chi connectivity index (χ1n) is 5.83. The van der Waals surface area contributed by atoms with Crippen LogP contribution in [0.15, 0.2) is 28.8 Å². The molecule has 0 saturated carbocycles. The standard InChI is InChI=1S/C13H16N2O2/c1-3-9(2)14-13(16)8-11-10-6-4-5-7-12(10)17-15-11/h4-7,9H,3,8H2,1-2H3,(H,14,16). The lowest BCUT2D eigenvalue weighted by atomic mass is 10.1. The van der Waals surface area contributed by atoms with Crippen LogP contribution >= 0.6 is 0 Å². The third-order valence-corrected chi connectivity index (χ3v) is 2.80. The Bertz CT molecular complexity index is 519. The number of nitrogens with zero attached hydrogens (tertiary/aromatic N) is 1. The lowest BCUT2D eigenvalue weighted by molar-refractivity contribution is -0.121. The minimum Gasteiger partial charge on any atom is -0.356 e. The zero-order chi connectivity index (χ0) is 12.3. The third-order valence-electron chi connectivity index (χ3n) is 2.80. The molecule has 0 radical (unpaired) electrons. The Morgan fingerprint density at radius 2 is 2.24 bits per heavy atom. The van der Waals surface area contributed by atoms with Gasteiger partial charge < -0.3 is 9.84 Å². The SMILES string of the molecule is CCC(C)NC(=O)Cc1noc2ccccc12. The van der Waals surface area contributed by atoms with E-state index in [1.807, 2.05) is 38.1 Å². The van der Waals surface area contributed by atoms with Crippen LogP contribution in [0.1, 0.15) is 26.0 Å². The maximum Gasteiger partial charge on any atom is 0.226 e. The van der Waals surface area contributed by atoms with Crippen LogP contribution in [-0.4, -0.2) is 17.1 Å². The number of para-hydroxylation sites is 1. The Morgan fingerprint density at radius 3 is 3.00 bits per heavy atom. The quantitative estimate of drug-likeness (QED) is 0.879. The second kappa shape index (κ2) is 4.99. The lowest BCUT2D eigenvalue weighted by Gasteiger charge is -2.10. The fraction of sp³-hybridized carbons (Fsp3) is 0.385. The zero-order valence-electron chi connectivity index (χ0n) is 10.1. The van der Waals surface area contributed by atoms with E-state index in [4.69, 9.17) is 4.52 Å². The topological polar surface area (TPSA) is 55.1 Å². The molecule has 4 heteroatoms. The highest BCUT2D eigenvalue weighted by molar-refractivity contribution is 5.86. The van der Waals surface area contributed by atoms with Crippen molar-refractivity contribution in [3.63, 3.8) is 0 Å². The van der Waals surface area contributed by atoms with Gasteiger partial charge in [-0.05, 0) is 25.5 Å². The number of benzene rings is 1. The summed E-state index contributed by atoms with van der Waals surface area (Å²) in [5.41, 5.74) is 1.42. The highest BCUT2D eigenvalue weighted by Gasteiger charge is 2.12. The number of carbonyl (C=O) groups excluding carboxylic acids is 1. The van der Waals surface area contributed by atoms with Gasteiger partial charge in [-0.3, -0.25) is 4.79 Å². The lowest BCUT2D eigenvalue weighted by Crippen LogP contribution is -2.33. The number of carbonyl (C=O) groups is 1. The van der Waals surface area contributed by atoms with E-state index in [0.717, 1.165) is 17.4 Å². The summed E-state index contributed by atoms with van der Waals surface area (Å²) in [6.45, 7) is 4.02. The molecule has 0 fully saturated rings. The molecule has 1 aromatic heterocycles. The summed E-state index contributed by atoms with van der Waals surface area (Å²) in [6, 6.07) is 7.75. The first-order chi connectivity index (χ1) is 8.20. The number of fused-ring (bicyclic) bond motifs is 1. The van der Waals surface area contributed by atoms with Gasteiger partial charge in [0.25, 0.3) is 0 Å². The highest BCUT2D eigenvalue weighted by atomic mass is 16.5. The van der Waals surface area contributed by atoms with Crippen molar-refractivity contribution >= 4 is 16.9 Å². The normalized spacial score (nSPS) is 12.6. The van der Waals surface area contributed by atoms with Crippen molar-refractivity contribution < 1.29 is 9.32 Å². The average molecular weight is 232 g/mol. The maximum atomic E-state index is 11.7. The molecule has 0 bridgehead atoms. The molecule has 17 heavy (non-hydrogen) atoms. The molecular weight excluding hydrogens is 216 g/mol. The van der Waals surface area contributed by atoms with E-state index in [-0.39, 0.29) is 18.4 Å². The molecule has 0 aliphatic carbocycles. The molecule has 1 N–H and O–H groups in total. The summed E-state index contributed by atoms with van der Waals surface area (Å²) < 4.78 is 5.15. The van der Waals surface area contributed by atoms with Crippen LogP contribution < -0.4 is 5.32 Å². The Morgan fingerprint density at radius 1 is 1.47 bits per heavy atom. The van der Waals surface area contributed by atoms with E-state index in [9.17, 15) is 4.79 Å². The minimum absolute atomic E-state index is 0.0154. The summed E-state index contributed by atoms with van der Waals surface area (Å²) in [5.74, 6) is -0.0154. The van der Waals surface area contributed by atoms with Crippen LogP contribution in [0.2, 0.25) is 0 Å².